The molecule has 0 bridgehead atoms. The summed E-state index contributed by atoms with van der Waals surface area (Å²) in [6.45, 7) is 3.59. The van der Waals surface area contributed by atoms with Gasteiger partial charge in [-0.15, -0.1) is 0 Å². The lowest BCUT2D eigenvalue weighted by molar-refractivity contribution is 0.0604. The maximum atomic E-state index is 12.8. The van der Waals surface area contributed by atoms with Gasteiger partial charge in [-0.25, -0.2) is 8.42 Å². The molecule has 0 aromatic heterocycles. The van der Waals surface area contributed by atoms with Gasteiger partial charge in [0.2, 0.25) is 10.0 Å². The Morgan fingerprint density at radius 1 is 1.33 bits per heavy atom. The summed E-state index contributed by atoms with van der Waals surface area (Å²) < 4.78 is 32.5. The van der Waals surface area contributed by atoms with Crippen molar-refractivity contribution in [1.29, 1.82) is 0 Å². The first-order valence-corrected chi connectivity index (χ1v) is 8.70. The van der Waals surface area contributed by atoms with E-state index in [-0.39, 0.29) is 6.10 Å². The van der Waals surface area contributed by atoms with Crippen LogP contribution in [-0.2, 0) is 21.3 Å². The second-order valence-corrected chi connectivity index (χ2v) is 7.32. The van der Waals surface area contributed by atoms with Crippen LogP contribution in [0.4, 0.5) is 0 Å². The minimum atomic E-state index is -3.42. The quantitative estimate of drug-likeness (QED) is 0.895. The van der Waals surface area contributed by atoms with E-state index in [4.69, 9.17) is 4.74 Å². The van der Waals surface area contributed by atoms with Crippen molar-refractivity contribution in [2.45, 2.75) is 37.3 Å². The SMILES string of the molecule is CNCc1cccc(S(=O)(=O)N2CCC(OC)CC2)c1C. The first-order valence-electron chi connectivity index (χ1n) is 7.26. The summed E-state index contributed by atoms with van der Waals surface area (Å²) in [6, 6.07) is 5.47. The number of nitrogens with one attached hydrogen (secondary N) is 1. The zero-order chi connectivity index (χ0) is 15.5. The molecule has 1 saturated heterocycles. The second kappa shape index (κ2) is 6.87. The van der Waals surface area contributed by atoms with Crippen molar-refractivity contribution in [2.75, 3.05) is 27.2 Å². The lowest BCUT2D eigenvalue weighted by Crippen LogP contribution is -2.40. The zero-order valence-corrected chi connectivity index (χ0v) is 13.7. The maximum Gasteiger partial charge on any atom is 0.243 e. The number of sulfonamides is 1. The predicted molar refractivity (Wildman–Crippen MR) is 82.7 cm³/mol. The van der Waals surface area contributed by atoms with Gasteiger partial charge in [-0.2, -0.15) is 4.31 Å². The molecule has 2 rings (SSSR count). The average molecular weight is 312 g/mol. The largest absolute Gasteiger partial charge is 0.381 e. The van der Waals surface area contributed by atoms with Gasteiger partial charge in [-0.05, 0) is 44.0 Å². The summed E-state index contributed by atoms with van der Waals surface area (Å²) in [7, 11) is 0.123. The summed E-state index contributed by atoms with van der Waals surface area (Å²) in [5.41, 5.74) is 1.85. The number of rotatable bonds is 5. The molecule has 1 aromatic carbocycles. The fraction of sp³-hybridized carbons (Fsp3) is 0.600. The monoisotopic (exact) mass is 312 g/mol. The van der Waals surface area contributed by atoms with Crippen molar-refractivity contribution in [3.05, 3.63) is 29.3 Å². The molecule has 0 amide bonds. The van der Waals surface area contributed by atoms with Crippen LogP contribution in [0.15, 0.2) is 23.1 Å². The minimum Gasteiger partial charge on any atom is -0.381 e. The van der Waals surface area contributed by atoms with Crippen LogP contribution in [0.2, 0.25) is 0 Å². The first-order chi connectivity index (χ1) is 10.0. The summed E-state index contributed by atoms with van der Waals surface area (Å²) in [6.07, 6.45) is 1.68. The van der Waals surface area contributed by atoms with Crippen LogP contribution < -0.4 is 5.32 Å². The molecule has 0 spiro atoms. The summed E-state index contributed by atoms with van der Waals surface area (Å²) in [4.78, 5) is 0.422. The zero-order valence-electron chi connectivity index (χ0n) is 12.9. The minimum absolute atomic E-state index is 0.174. The van der Waals surface area contributed by atoms with Crippen molar-refractivity contribution >= 4 is 10.0 Å². The van der Waals surface area contributed by atoms with Gasteiger partial charge in [0.15, 0.2) is 0 Å². The highest BCUT2D eigenvalue weighted by atomic mass is 32.2. The molecule has 5 nitrogen and oxygen atoms in total. The molecule has 0 saturated carbocycles. The van der Waals surface area contributed by atoms with Gasteiger partial charge in [-0.1, -0.05) is 12.1 Å². The standard InChI is InChI=1S/C15H24N2O3S/c1-12-13(11-16-2)5-4-6-15(12)21(18,19)17-9-7-14(20-3)8-10-17/h4-6,14,16H,7-11H2,1-3H3. The number of nitrogens with zero attached hydrogens (tertiary/aromatic N) is 1. The van der Waals surface area contributed by atoms with Gasteiger partial charge >= 0.3 is 0 Å². The van der Waals surface area contributed by atoms with Crippen LogP contribution in [0.25, 0.3) is 0 Å². The molecule has 0 atom stereocenters. The van der Waals surface area contributed by atoms with Crippen LogP contribution in [0.5, 0.6) is 0 Å². The van der Waals surface area contributed by atoms with E-state index in [0.29, 0.717) is 24.5 Å². The molecular formula is C15H24N2O3S. The van der Waals surface area contributed by atoms with E-state index >= 15 is 0 Å². The number of hydrogen-bond donors (Lipinski definition) is 1. The highest BCUT2D eigenvalue weighted by molar-refractivity contribution is 7.89. The molecule has 6 heteroatoms. The summed E-state index contributed by atoms with van der Waals surface area (Å²) in [5.74, 6) is 0. The van der Waals surface area contributed by atoms with Crippen LogP contribution >= 0.6 is 0 Å². The molecule has 0 unspecified atom stereocenters. The van der Waals surface area contributed by atoms with E-state index in [1.807, 2.05) is 26.1 Å². The summed E-state index contributed by atoms with van der Waals surface area (Å²) in [5, 5.41) is 3.07. The smallest absolute Gasteiger partial charge is 0.243 e. The molecule has 1 aliphatic heterocycles. The van der Waals surface area contributed by atoms with E-state index in [1.165, 1.54) is 0 Å². The van der Waals surface area contributed by atoms with E-state index < -0.39 is 10.0 Å². The molecule has 1 N–H and O–H groups in total. The van der Waals surface area contributed by atoms with Gasteiger partial charge in [0.05, 0.1) is 11.0 Å². The first kappa shape index (κ1) is 16.4. The van der Waals surface area contributed by atoms with Crippen molar-refractivity contribution in [3.63, 3.8) is 0 Å². The molecule has 1 aliphatic rings. The maximum absolute atomic E-state index is 12.8. The summed E-state index contributed by atoms with van der Waals surface area (Å²) >= 11 is 0. The van der Waals surface area contributed by atoms with Crippen LogP contribution in [-0.4, -0.2) is 46.1 Å². The Morgan fingerprint density at radius 2 is 2.00 bits per heavy atom. The van der Waals surface area contributed by atoms with Gasteiger partial charge in [0.1, 0.15) is 0 Å². The van der Waals surface area contributed by atoms with Crippen molar-refractivity contribution in [2.24, 2.45) is 0 Å². The Balaban J connectivity index is 2.26. The normalized spacial score (nSPS) is 18.0. The van der Waals surface area contributed by atoms with Crippen LogP contribution in [0.3, 0.4) is 0 Å². The van der Waals surface area contributed by atoms with E-state index in [9.17, 15) is 8.42 Å². The fourth-order valence-corrected chi connectivity index (χ4v) is 4.51. The number of benzene rings is 1. The Hall–Kier alpha value is -0.950. The van der Waals surface area contributed by atoms with Crippen molar-refractivity contribution in [3.8, 4) is 0 Å². The third-order valence-corrected chi connectivity index (χ3v) is 6.16. The molecule has 1 fully saturated rings. The van der Waals surface area contributed by atoms with Crippen molar-refractivity contribution < 1.29 is 13.2 Å². The molecule has 21 heavy (non-hydrogen) atoms. The van der Waals surface area contributed by atoms with E-state index in [1.54, 1.807) is 17.5 Å². The lowest BCUT2D eigenvalue weighted by atomic mass is 10.1. The number of ether oxygens (including phenoxy) is 1. The van der Waals surface area contributed by atoms with Crippen LogP contribution in [0, 0.1) is 6.92 Å². The number of piperidine rings is 1. The van der Waals surface area contributed by atoms with Gasteiger partial charge in [-0.3, -0.25) is 0 Å². The number of methoxy groups -OCH3 is 1. The molecule has 1 aromatic rings. The Bertz CT molecular complexity index is 579. The third kappa shape index (κ3) is 3.45. The molecule has 1 heterocycles. The molecular weight excluding hydrogens is 288 g/mol. The Morgan fingerprint density at radius 3 is 2.57 bits per heavy atom. The van der Waals surface area contributed by atoms with Gasteiger partial charge in [0, 0.05) is 26.7 Å². The third-order valence-electron chi connectivity index (χ3n) is 4.12. The average Bonchev–Trinajstić information content (AvgIpc) is 2.49. The molecule has 118 valence electrons. The highest BCUT2D eigenvalue weighted by Crippen LogP contribution is 2.25. The number of hydrogen-bond acceptors (Lipinski definition) is 4. The predicted octanol–water partition coefficient (Wildman–Crippen LogP) is 1.51. The molecule has 0 aliphatic carbocycles. The second-order valence-electron chi connectivity index (χ2n) is 5.41. The fourth-order valence-electron chi connectivity index (χ4n) is 2.77. The van der Waals surface area contributed by atoms with E-state index in [0.717, 1.165) is 24.0 Å². The van der Waals surface area contributed by atoms with Crippen LogP contribution in [0.1, 0.15) is 24.0 Å². The lowest BCUT2D eigenvalue weighted by Gasteiger charge is -2.31. The van der Waals surface area contributed by atoms with Gasteiger partial charge < -0.3 is 10.1 Å². The van der Waals surface area contributed by atoms with Crippen molar-refractivity contribution in [1.82, 2.24) is 9.62 Å². The Kier molecular flexibility index (Phi) is 5.37. The Labute approximate surface area is 127 Å². The molecule has 0 radical (unpaired) electrons. The van der Waals surface area contributed by atoms with Gasteiger partial charge in [0.25, 0.3) is 0 Å². The highest BCUT2D eigenvalue weighted by Gasteiger charge is 2.30. The van der Waals surface area contributed by atoms with E-state index in [2.05, 4.69) is 5.32 Å². The topological polar surface area (TPSA) is 58.6 Å².